The highest BCUT2D eigenvalue weighted by atomic mass is 35.5. The van der Waals surface area contributed by atoms with Gasteiger partial charge in [0.2, 0.25) is 5.91 Å². The third kappa shape index (κ3) is 4.77. The minimum Gasteiger partial charge on any atom is -0.493 e. The van der Waals surface area contributed by atoms with Gasteiger partial charge in [-0.1, -0.05) is 17.7 Å². The Hall–Kier alpha value is -1.98. The topological polar surface area (TPSA) is 38.8 Å². The zero-order chi connectivity index (χ0) is 18.4. The Bertz CT molecular complexity index is 743. The molecule has 4 nitrogen and oxygen atoms in total. The van der Waals surface area contributed by atoms with E-state index in [9.17, 15) is 4.79 Å². The van der Waals surface area contributed by atoms with Crippen LogP contribution >= 0.6 is 22.9 Å². The van der Waals surface area contributed by atoms with E-state index < -0.39 is 0 Å². The van der Waals surface area contributed by atoms with Gasteiger partial charge in [-0.25, -0.2) is 0 Å². The molecule has 1 aromatic carbocycles. The van der Waals surface area contributed by atoms with E-state index in [0.717, 1.165) is 10.4 Å². The van der Waals surface area contributed by atoms with Crippen LogP contribution in [0.5, 0.6) is 11.5 Å². The number of amides is 1. The number of thiophene rings is 1. The Morgan fingerprint density at radius 2 is 2.20 bits per heavy atom. The molecule has 1 unspecified atom stereocenters. The molecule has 6 heteroatoms. The van der Waals surface area contributed by atoms with Gasteiger partial charge in [-0.05, 0) is 49.1 Å². The molecule has 0 fully saturated rings. The van der Waals surface area contributed by atoms with Crippen molar-refractivity contribution in [2.24, 2.45) is 0 Å². The van der Waals surface area contributed by atoms with E-state index in [4.69, 9.17) is 21.1 Å². The fraction of sp³-hybridized carbons (Fsp3) is 0.316. The molecule has 0 radical (unpaired) electrons. The summed E-state index contributed by atoms with van der Waals surface area (Å²) < 4.78 is 10.8. The molecule has 0 N–H and O–H groups in total. The molecule has 0 bridgehead atoms. The second-order valence-electron chi connectivity index (χ2n) is 5.44. The molecular formula is C19H22ClNO3S. The van der Waals surface area contributed by atoms with E-state index in [1.165, 1.54) is 6.08 Å². The molecule has 0 spiro atoms. The van der Waals surface area contributed by atoms with Crippen molar-refractivity contribution in [1.82, 2.24) is 4.90 Å². The molecule has 1 aromatic heterocycles. The van der Waals surface area contributed by atoms with E-state index in [0.29, 0.717) is 23.1 Å². The van der Waals surface area contributed by atoms with Gasteiger partial charge >= 0.3 is 0 Å². The number of halogens is 1. The summed E-state index contributed by atoms with van der Waals surface area (Å²) in [6.07, 6.45) is 3.26. The monoisotopic (exact) mass is 379 g/mol. The lowest BCUT2D eigenvalue weighted by Crippen LogP contribution is -2.27. The van der Waals surface area contributed by atoms with Gasteiger partial charge in [0.15, 0.2) is 11.5 Å². The number of hydrogen-bond donors (Lipinski definition) is 0. The van der Waals surface area contributed by atoms with Crippen LogP contribution in [-0.4, -0.2) is 31.6 Å². The Labute approximate surface area is 157 Å². The van der Waals surface area contributed by atoms with Crippen molar-refractivity contribution in [2.75, 3.05) is 20.8 Å². The molecule has 1 amide bonds. The Kier molecular flexibility index (Phi) is 6.91. The SMILES string of the molecule is CCOc1c(Cl)cc(C=CC(=O)N(C)C(C)c2cccs2)cc1OC. The molecule has 1 atom stereocenters. The van der Waals surface area contributed by atoms with Crippen molar-refractivity contribution < 1.29 is 14.3 Å². The van der Waals surface area contributed by atoms with Crippen LogP contribution in [0.4, 0.5) is 0 Å². The van der Waals surface area contributed by atoms with Gasteiger partial charge in [0.1, 0.15) is 0 Å². The Morgan fingerprint density at radius 3 is 2.80 bits per heavy atom. The van der Waals surface area contributed by atoms with Crippen LogP contribution < -0.4 is 9.47 Å². The minimum atomic E-state index is -0.0788. The highest BCUT2D eigenvalue weighted by Crippen LogP contribution is 2.36. The van der Waals surface area contributed by atoms with Crippen molar-refractivity contribution in [3.8, 4) is 11.5 Å². The van der Waals surface area contributed by atoms with E-state index in [1.54, 1.807) is 48.6 Å². The van der Waals surface area contributed by atoms with Gasteiger partial charge in [0.05, 0.1) is 24.8 Å². The van der Waals surface area contributed by atoms with Gasteiger partial charge in [-0.15, -0.1) is 11.3 Å². The molecule has 2 aromatic rings. The van der Waals surface area contributed by atoms with Crippen LogP contribution in [-0.2, 0) is 4.79 Å². The van der Waals surface area contributed by atoms with E-state index in [-0.39, 0.29) is 11.9 Å². The number of methoxy groups -OCH3 is 1. The summed E-state index contributed by atoms with van der Waals surface area (Å²) in [6, 6.07) is 7.58. The maximum Gasteiger partial charge on any atom is 0.246 e. The molecule has 134 valence electrons. The molecule has 1 heterocycles. The third-order valence-electron chi connectivity index (χ3n) is 3.84. The maximum absolute atomic E-state index is 12.4. The second-order valence-corrected chi connectivity index (χ2v) is 6.83. The number of ether oxygens (including phenoxy) is 2. The summed E-state index contributed by atoms with van der Waals surface area (Å²) in [4.78, 5) is 15.3. The number of carbonyl (C=O) groups excluding carboxylic acids is 1. The predicted octanol–water partition coefficient (Wildman–Crippen LogP) is 5.04. The van der Waals surface area contributed by atoms with Crippen molar-refractivity contribution in [1.29, 1.82) is 0 Å². The quantitative estimate of drug-likeness (QED) is 0.632. The lowest BCUT2D eigenvalue weighted by Gasteiger charge is -2.22. The van der Waals surface area contributed by atoms with Gasteiger partial charge in [-0.3, -0.25) is 4.79 Å². The molecule has 0 saturated carbocycles. The van der Waals surface area contributed by atoms with Crippen LogP contribution in [0.2, 0.25) is 5.02 Å². The standard InChI is InChI=1S/C19H22ClNO3S/c1-5-24-19-15(20)11-14(12-16(19)23-4)8-9-18(22)21(3)13(2)17-7-6-10-25-17/h6-13H,5H2,1-4H3. The minimum absolute atomic E-state index is 0.0237. The third-order valence-corrected chi connectivity index (χ3v) is 5.17. The first-order valence-corrected chi connectivity index (χ1v) is 9.22. The first-order chi connectivity index (χ1) is 12.0. The Morgan fingerprint density at radius 1 is 1.44 bits per heavy atom. The lowest BCUT2D eigenvalue weighted by molar-refractivity contribution is -0.126. The van der Waals surface area contributed by atoms with Crippen molar-refractivity contribution in [3.63, 3.8) is 0 Å². The number of hydrogen-bond acceptors (Lipinski definition) is 4. The number of rotatable bonds is 7. The van der Waals surface area contributed by atoms with Crippen molar-refractivity contribution in [3.05, 3.63) is 51.2 Å². The molecule has 0 aliphatic carbocycles. The molecule has 0 aliphatic heterocycles. The molecule has 25 heavy (non-hydrogen) atoms. The van der Waals surface area contributed by atoms with Crippen molar-refractivity contribution >= 4 is 34.9 Å². The summed E-state index contributed by atoms with van der Waals surface area (Å²) >= 11 is 7.89. The lowest BCUT2D eigenvalue weighted by atomic mass is 10.1. The summed E-state index contributed by atoms with van der Waals surface area (Å²) in [5, 5.41) is 2.46. The zero-order valence-corrected chi connectivity index (χ0v) is 16.4. The predicted molar refractivity (Wildman–Crippen MR) is 104 cm³/mol. The maximum atomic E-state index is 12.4. The van der Waals surface area contributed by atoms with Crippen LogP contribution in [0.3, 0.4) is 0 Å². The number of likely N-dealkylation sites (N-methyl/N-ethyl adjacent to an activating group) is 1. The number of benzene rings is 1. The largest absolute Gasteiger partial charge is 0.493 e. The molecular weight excluding hydrogens is 358 g/mol. The summed E-state index contributed by atoms with van der Waals surface area (Å²) in [5.74, 6) is 0.977. The second kappa shape index (κ2) is 8.92. The van der Waals surface area contributed by atoms with E-state index in [1.807, 2.05) is 31.4 Å². The van der Waals surface area contributed by atoms with Gasteiger partial charge < -0.3 is 14.4 Å². The smallest absolute Gasteiger partial charge is 0.246 e. The number of carbonyl (C=O) groups is 1. The average Bonchev–Trinajstić information content (AvgIpc) is 3.14. The summed E-state index contributed by atoms with van der Waals surface area (Å²) in [5.41, 5.74) is 0.774. The zero-order valence-electron chi connectivity index (χ0n) is 14.8. The highest BCUT2D eigenvalue weighted by molar-refractivity contribution is 7.10. The van der Waals surface area contributed by atoms with Crippen LogP contribution in [0.25, 0.3) is 6.08 Å². The first kappa shape index (κ1) is 19.3. The highest BCUT2D eigenvalue weighted by Gasteiger charge is 2.16. The van der Waals surface area contributed by atoms with E-state index in [2.05, 4.69) is 0 Å². The van der Waals surface area contributed by atoms with Crippen LogP contribution in [0, 0.1) is 0 Å². The molecule has 0 aliphatic rings. The van der Waals surface area contributed by atoms with E-state index >= 15 is 0 Å². The fourth-order valence-electron chi connectivity index (χ4n) is 2.32. The van der Waals surface area contributed by atoms with Gasteiger partial charge in [0, 0.05) is 18.0 Å². The fourth-order valence-corrected chi connectivity index (χ4v) is 3.42. The Balaban J connectivity index is 2.15. The normalized spacial score (nSPS) is 12.2. The first-order valence-electron chi connectivity index (χ1n) is 7.96. The average molecular weight is 380 g/mol. The molecule has 0 saturated heterocycles. The van der Waals surface area contributed by atoms with Crippen molar-refractivity contribution in [2.45, 2.75) is 19.9 Å². The van der Waals surface area contributed by atoms with Crippen LogP contribution in [0.15, 0.2) is 35.7 Å². The van der Waals surface area contributed by atoms with Gasteiger partial charge in [0.25, 0.3) is 0 Å². The summed E-state index contributed by atoms with van der Waals surface area (Å²) in [6.45, 7) is 4.39. The van der Waals surface area contributed by atoms with Crippen LogP contribution in [0.1, 0.15) is 30.3 Å². The van der Waals surface area contributed by atoms with Gasteiger partial charge in [-0.2, -0.15) is 0 Å². The molecule has 2 rings (SSSR count). The summed E-state index contributed by atoms with van der Waals surface area (Å²) in [7, 11) is 3.35. The number of nitrogens with zero attached hydrogens (tertiary/aromatic N) is 1.